The molecule has 1 saturated heterocycles. The maximum absolute atomic E-state index is 12.9. The molecule has 1 amide bonds. The number of likely N-dealkylation sites (tertiary alicyclic amines) is 1. The van der Waals surface area contributed by atoms with Gasteiger partial charge in [0.25, 0.3) is 0 Å². The van der Waals surface area contributed by atoms with Crippen LogP contribution in [0.25, 0.3) is 0 Å². The third-order valence-corrected chi connectivity index (χ3v) is 4.34. The standard InChI is InChI=1S/C17H28N2O3.C2H6/c1-6-13(10-18-4)15(7-2)16(20)19-11-14(17(21)22-5)9-8-12(19)3;1-2/h10,12,14H,6-9,11H2,1-5H3;1-2H3/b15-13+,18-10?;. The van der Waals surface area contributed by atoms with E-state index >= 15 is 0 Å². The van der Waals surface area contributed by atoms with E-state index in [1.165, 1.54) is 7.11 Å². The SMILES string of the molecule is CC.CC/C(C=NC)=C(/CC)C(=O)N1CC(C(=O)OC)CCC1C. The summed E-state index contributed by atoms with van der Waals surface area (Å²) in [5, 5.41) is 0. The molecule has 5 nitrogen and oxygen atoms in total. The van der Waals surface area contributed by atoms with E-state index in [-0.39, 0.29) is 23.8 Å². The van der Waals surface area contributed by atoms with Gasteiger partial charge in [0, 0.05) is 31.4 Å². The van der Waals surface area contributed by atoms with Crippen molar-refractivity contribution in [1.29, 1.82) is 0 Å². The predicted octanol–water partition coefficient (Wildman–Crippen LogP) is 3.63. The molecule has 0 spiro atoms. The summed E-state index contributed by atoms with van der Waals surface area (Å²) in [7, 11) is 3.11. The Hall–Kier alpha value is -1.65. The second-order valence-corrected chi connectivity index (χ2v) is 5.70. The van der Waals surface area contributed by atoms with Crippen LogP contribution >= 0.6 is 0 Å². The summed E-state index contributed by atoms with van der Waals surface area (Å²) in [5.74, 6) is -0.411. The number of allylic oxidation sites excluding steroid dienone is 1. The lowest BCUT2D eigenvalue weighted by atomic mass is 9.92. The highest BCUT2D eigenvalue weighted by Crippen LogP contribution is 2.26. The van der Waals surface area contributed by atoms with Gasteiger partial charge in [0.15, 0.2) is 0 Å². The van der Waals surface area contributed by atoms with Crippen LogP contribution in [-0.2, 0) is 14.3 Å². The van der Waals surface area contributed by atoms with Crippen molar-refractivity contribution in [3.8, 4) is 0 Å². The minimum atomic E-state index is -0.224. The lowest BCUT2D eigenvalue weighted by molar-refractivity contribution is -0.149. The minimum Gasteiger partial charge on any atom is -0.469 e. The minimum absolute atomic E-state index is 0.0281. The van der Waals surface area contributed by atoms with Crippen molar-refractivity contribution >= 4 is 18.1 Å². The summed E-state index contributed by atoms with van der Waals surface area (Å²) in [6.45, 7) is 10.5. The number of ether oxygens (including phenoxy) is 1. The smallest absolute Gasteiger partial charge is 0.310 e. The molecule has 0 aromatic carbocycles. The van der Waals surface area contributed by atoms with E-state index in [4.69, 9.17) is 4.74 Å². The predicted molar refractivity (Wildman–Crippen MR) is 99.3 cm³/mol. The summed E-state index contributed by atoms with van der Waals surface area (Å²) in [6, 6.07) is 0.145. The Morgan fingerprint density at radius 1 is 1.21 bits per heavy atom. The van der Waals surface area contributed by atoms with Crippen molar-refractivity contribution in [2.75, 3.05) is 20.7 Å². The number of piperidine rings is 1. The molecule has 0 bridgehead atoms. The highest BCUT2D eigenvalue weighted by Gasteiger charge is 2.34. The van der Waals surface area contributed by atoms with Crippen LogP contribution in [0.2, 0.25) is 0 Å². The van der Waals surface area contributed by atoms with E-state index in [0.29, 0.717) is 13.0 Å². The molecule has 0 aliphatic carbocycles. The summed E-state index contributed by atoms with van der Waals surface area (Å²) in [4.78, 5) is 30.6. The van der Waals surface area contributed by atoms with Gasteiger partial charge in [0.05, 0.1) is 13.0 Å². The van der Waals surface area contributed by atoms with E-state index in [1.54, 1.807) is 13.3 Å². The molecule has 2 unspecified atom stereocenters. The van der Waals surface area contributed by atoms with Crippen molar-refractivity contribution in [1.82, 2.24) is 4.90 Å². The van der Waals surface area contributed by atoms with Crippen molar-refractivity contribution in [2.45, 2.75) is 66.3 Å². The average Bonchev–Trinajstić information content (AvgIpc) is 2.62. The van der Waals surface area contributed by atoms with Crippen LogP contribution in [0.5, 0.6) is 0 Å². The number of carbonyl (C=O) groups is 2. The van der Waals surface area contributed by atoms with Crippen LogP contribution in [0, 0.1) is 5.92 Å². The van der Waals surface area contributed by atoms with Gasteiger partial charge in [-0.3, -0.25) is 14.6 Å². The molecule has 0 radical (unpaired) electrons. The molecule has 0 N–H and O–H groups in total. The first-order valence-corrected chi connectivity index (χ1v) is 9.02. The largest absolute Gasteiger partial charge is 0.469 e. The van der Waals surface area contributed by atoms with E-state index < -0.39 is 0 Å². The monoisotopic (exact) mass is 338 g/mol. The number of nitrogens with zero attached hydrogens (tertiary/aromatic N) is 2. The van der Waals surface area contributed by atoms with Crippen molar-refractivity contribution in [3.63, 3.8) is 0 Å². The molecule has 0 aromatic rings. The summed E-state index contributed by atoms with van der Waals surface area (Å²) >= 11 is 0. The lowest BCUT2D eigenvalue weighted by Crippen LogP contribution is -2.48. The zero-order valence-corrected chi connectivity index (χ0v) is 16.4. The number of hydrogen-bond acceptors (Lipinski definition) is 4. The molecule has 1 rings (SSSR count). The molecule has 5 heteroatoms. The summed E-state index contributed by atoms with van der Waals surface area (Å²) < 4.78 is 4.84. The first kappa shape index (κ1) is 22.4. The van der Waals surface area contributed by atoms with Gasteiger partial charge in [0.1, 0.15) is 0 Å². The van der Waals surface area contributed by atoms with Gasteiger partial charge in [-0.25, -0.2) is 0 Å². The maximum Gasteiger partial charge on any atom is 0.310 e. The van der Waals surface area contributed by atoms with Gasteiger partial charge >= 0.3 is 5.97 Å². The van der Waals surface area contributed by atoms with Crippen molar-refractivity contribution in [3.05, 3.63) is 11.1 Å². The Balaban J connectivity index is 0.00000254. The number of rotatable bonds is 5. The van der Waals surface area contributed by atoms with Crippen LogP contribution in [0.1, 0.15) is 60.3 Å². The molecule has 1 aliphatic heterocycles. The summed E-state index contributed by atoms with van der Waals surface area (Å²) in [6.07, 6.45) is 4.81. The fraction of sp³-hybridized carbons (Fsp3) is 0.737. The van der Waals surface area contributed by atoms with Crippen LogP contribution in [-0.4, -0.2) is 49.7 Å². The zero-order valence-electron chi connectivity index (χ0n) is 16.4. The van der Waals surface area contributed by atoms with E-state index in [2.05, 4.69) is 4.99 Å². The third kappa shape index (κ3) is 5.77. The molecule has 1 aliphatic rings. The molecule has 0 aromatic heterocycles. The van der Waals surface area contributed by atoms with Crippen molar-refractivity contribution in [2.24, 2.45) is 10.9 Å². The number of aliphatic imine (C=N–C) groups is 1. The van der Waals surface area contributed by atoms with Crippen LogP contribution in [0.15, 0.2) is 16.1 Å². The Bertz CT molecular complexity index is 469. The lowest BCUT2D eigenvalue weighted by Gasteiger charge is -2.37. The Morgan fingerprint density at radius 2 is 1.83 bits per heavy atom. The molecular formula is C19H34N2O3. The van der Waals surface area contributed by atoms with E-state index in [9.17, 15) is 9.59 Å². The summed E-state index contributed by atoms with van der Waals surface area (Å²) in [5.41, 5.74) is 1.77. The number of amides is 1. The normalized spacial score (nSPS) is 21.7. The highest BCUT2D eigenvalue weighted by atomic mass is 16.5. The van der Waals surface area contributed by atoms with Gasteiger partial charge in [-0.2, -0.15) is 0 Å². The molecule has 24 heavy (non-hydrogen) atoms. The van der Waals surface area contributed by atoms with Crippen LogP contribution in [0.3, 0.4) is 0 Å². The van der Waals surface area contributed by atoms with Gasteiger partial charge in [-0.05, 0) is 38.2 Å². The topological polar surface area (TPSA) is 59.0 Å². The Kier molecular flexibility index (Phi) is 11.0. The third-order valence-electron chi connectivity index (χ3n) is 4.34. The Morgan fingerprint density at radius 3 is 2.29 bits per heavy atom. The molecule has 2 atom stereocenters. The van der Waals surface area contributed by atoms with Gasteiger partial charge in [-0.15, -0.1) is 0 Å². The van der Waals surface area contributed by atoms with Crippen LogP contribution < -0.4 is 0 Å². The number of methoxy groups -OCH3 is 1. The highest BCUT2D eigenvalue weighted by molar-refractivity contribution is 6.00. The average molecular weight is 338 g/mol. The van der Waals surface area contributed by atoms with E-state index in [0.717, 1.165) is 30.4 Å². The molecule has 1 heterocycles. The van der Waals surface area contributed by atoms with Gasteiger partial charge in [0.2, 0.25) is 5.91 Å². The fourth-order valence-electron chi connectivity index (χ4n) is 2.98. The molecule has 138 valence electrons. The number of esters is 1. The molecule has 0 saturated carbocycles. The zero-order chi connectivity index (χ0) is 18.7. The van der Waals surface area contributed by atoms with Gasteiger partial charge in [-0.1, -0.05) is 27.7 Å². The number of hydrogen-bond donors (Lipinski definition) is 0. The van der Waals surface area contributed by atoms with Crippen molar-refractivity contribution < 1.29 is 14.3 Å². The second-order valence-electron chi connectivity index (χ2n) is 5.70. The molecular weight excluding hydrogens is 304 g/mol. The van der Waals surface area contributed by atoms with E-state index in [1.807, 2.05) is 39.5 Å². The quantitative estimate of drug-likeness (QED) is 0.437. The Labute approximate surface area is 147 Å². The van der Waals surface area contributed by atoms with Crippen LogP contribution in [0.4, 0.5) is 0 Å². The second kappa shape index (κ2) is 11.8. The number of carbonyl (C=O) groups excluding carboxylic acids is 2. The van der Waals surface area contributed by atoms with Gasteiger partial charge < -0.3 is 9.64 Å². The first-order valence-electron chi connectivity index (χ1n) is 9.02. The first-order chi connectivity index (χ1) is 11.5. The maximum atomic E-state index is 12.9. The molecule has 1 fully saturated rings. The fourth-order valence-corrected chi connectivity index (χ4v) is 2.98.